The standard InChI is InChI=1S/C10H12N4O/c11-5-4-7-2-1-3-8(6-7)9-13-10(12)14-15-9/h1-3,6H,4-5,11H2,(H2,12,14). The van der Waals surface area contributed by atoms with Crippen molar-refractivity contribution in [1.82, 2.24) is 10.1 Å². The molecule has 4 N–H and O–H groups in total. The third-order valence-corrected chi connectivity index (χ3v) is 2.05. The Hall–Kier alpha value is -1.88. The Labute approximate surface area is 87.1 Å². The minimum Gasteiger partial charge on any atom is -0.365 e. The number of hydrogen-bond donors (Lipinski definition) is 2. The smallest absolute Gasteiger partial charge is 0.261 e. The van der Waals surface area contributed by atoms with Gasteiger partial charge in [0.05, 0.1) is 0 Å². The number of aromatic nitrogens is 2. The van der Waals surface area contributed by atoms with Crippen LogP contribution in [0.4, 0.5) is 5.95 Å². The van der Waals surface area contributed by atoms with E-state index < -0.39 is 0 Å². The fraction of sp³-hybridized carbons (Fsp3) is 0.200. The molecule has 5 nitrogen and oxygen atoms in total. The molecule has 5 heteroatoms. The highest BCUT2D eigenvalue weighted by Crippen LogP contribution is 2.18. The van der Waals surface area contributed by atoms with Crippen LogP contribution in [0, 0.1) is 0 Å². The first-order valence-corrected chi connectivity index (χ1v) is 4.68. The highest BCUT2D eigenvalue weighted by atomic mass is 16.5. The van der Waals surface area contributed by atoms with Gasteiger partial charge in [-0.05, 0) is 35.8 Å². The number of anilines is 1. The summed E-state index contributed by atoms with van der Waals surface area (Å²) in [5.41, 5.74) is 12.9. The first kappa shape index (κ1) is 9.67. The number of nitrogen functional groups attached to an aromatic ring is 1. The summed E-state index contributed by atoms with van der Waals surface area (Å²) in [5, 5.41) is 3.54. The Bertz CT molecular complexity index is 452. The Morgan fingerprint density at radius 3 is 2.87 bits per heavy atom. The van der Waals surface area contributed by atoms with Crippen LogP contribution >= 0.6 is 0 Å². The molecule has 0 atom stereocenters. The van der Waals surface area contributed by atoms with Crippen molar-refractivity contribution in [2.75, 3.05) is 12.3 Å². The summed E-state index contributed by atoms with van der Waals surface area (Å²) in [4.78, 5) is 3.95. The summed E-state index contributed by atoms with van der Waals surface area (Å²) in [6, 6.07) is 7.81. The predicted octanol–water partition coefficient (Wildman–Crippen LogP) is 0.820. The van der Waals surface area contributed by atoms with Crippen molar-refractivity contribution in [3.8, 4) is 11.5 Å². The normalized spacial score (nSPS) is 10.5. The number of rotatable bonds is 3. The molecule has 0 bridgehead atoms. The molecule has 0 saturated carbocycles. The number of nitrogens with two attached hydrogens (primary N) is 2. The van der Waals surface area contributed by atoms with Crippen LogP contribution in [0.25, 0.3) is 11.5 Å². The van der Waals surface area contributed by atoms with Crippen molar-refractivity contribution in [1.29, 1.82) is 0 Å². The second-order valence-corrected chi connectivity index (χ2v) is 3.20. The van der Waals surface area contributed by atoms with Crippen molar-refractivity contribution in [3.63, 3.8) is 0 Å². The van der Waals surface area contributed by atoms with E-state index in [2.05, 4.69) is 10.1 Å². The Balaban J connectivity index is 2.32. The highest BCUT2D eigenvalue weighted by molar-refractivity contribution is 5.55. The lowest BCUT2D eigenvalue weighted by Crippen LogP contribution is -2.02. The molecular weight excluding hydrogens is 192 g/mol. The van der Waals surface area contributed by atoms with Crippen LogP contribution in [-0.4, -0.2) is 16.7 Å². The first-order valence-electron chi connectivity index (χ1n) is 4.68. The number of benzene rings is 1. The molecule has 78 valence electrons. The maximum absolute atomic E-state index is 5.48. The summed E-state index contributed by atoms with van der Waals surface area (Å²) in [6.45, 7) is 0.620. The zero-order valence-corrected chi connectivity index (χ0v) is 8.18. The molecule has 0 aliphatic carbocycles. The van der Waals surface area contributed by atoms with Gasteiger partial charge in [-0.3, -0.25) is 0 Å². The van der Waals surface area contributed by atoms with E-state index >= 15 is 0 Å². The van der Waals surface area contributed by atoms with Gasteiger partial charge in [-0.1, -0.05) is 12.1 Å². The molecule has 2 aromatic rings. The van der Waals surface area contributed by atoms with Gasteiger partial charge in [-0.15, -0.1) is 0 Å². The Morgan fingerprint density at radius 1 is 1.33 bits per heavy atom. The minimum atomic E-state index is 0.147. The average molecular weight is 204 g/mol. The van der Waals surface area contributed by atoms with Crippen LogP contribution in [0.15, 0.2) is 28.8 Å². The summed E-state index contributed by atoms with van der Waals surface area (Å²) >= 11 is 0. The third-order valence-electron chi connectivity index (χ3n) is 2.05. The van der Waals surface area contributed by atoms with E-state index in [1.807, 2.05) is 24.3 Å². The molecule has 2 rings (SSSR count). The van der Waals surface area contributed by atoms with E-state index in [1.54, 1.807) is 0 Å². The Kier molecular flexibility index (Phi) is 2.64. The van der Waals surface area contributed by atoms with Crippen LogP contribution in [-0.2, 0) is 6.42 Å². The van der Waals surface area contributed by atoms with Crippen molar-refractivity contribution >= 4 is 5.95 Å². The molecule has 0 radical (unpaired) electrons. The zero-order valence-electron chi connectivity index (χ0n) is 8.18. The molecule has 0 spiro atoms. The molecule has 1 aromatic carbocycles. The summed E-state index contributed by atoms with van der Waals surface area (Å²) < 4.78 is 4.97. The van der Waals surface area contributed by atoms with Gasteiger partial charge in [0.1, 0.15) is 0 Å². The maximum atomic E-state index is 5.48. The second-order valence-electron chi connectivity index (χ2n) is 3.20. The van der Waals surface area contributed by atoms with Crippen molar-refractivity contribution in [3.05, 3.63) is 29.8 Å². The molecular formula is C10H12N4O. The highest BCUT2D eigenvalue weighted by Gasteiger charge is 2.06. The van der Waals surface area contributed by atoms with Gasteiger partial charge in [-0.25, -0.2) is 0 Å². The van der Waals surface area contributed by atoms with E-state index in [4.69, 9.17) is 16.0 Å². The van der Waals surface area contributed by atoms with E-state index in [0.29, 0.717) is 12.4 Å². The maximum Gasteiger partial charge on any atom is 0.261 e. The van der Waals surface area contributed by atoms with E-state index in [9.17, 15) is 0 Å². The van der Waals surface area contributed by atoms with Gasteiger partial charge in [0, 0.05) is 5.56 Å². The summed E-state index contributed by atoms with van der Waals surface area (Å²) in [7, 11) is 0. The fourth-order valence-electron chi connectivity index (χ4n) is 1.38. The molecule has 0 aliphatic heterocycles. The largest absolute Gasteiger partial charge is 0.365 e. The van der Waals surface area contributed by atoms with Gasteiger partial charge < -0.3 is 16.0 Å². The number of nitrogens with zero attached hydrogens (tertiary/aromatic N) is 2. The van der Waals surface area contributed by atoms with Crippen molar-refractivity contribution in [2.45, 2.75) is 6.42 Å². The first-order chi connectivity index (χ1) is 7.29. The molecule has 0 amide bonds. The fourth-order valence-corrected chi connectivity index (χ4v) is 1.38. The van der Waals surface area contributed by atoms with Crippen molar-refractivity contribution < 1.29 is 4.52 Å². The molecule has 1 heterocycles. The van der Waals surface area contributed by atoms with E-state index in [-0.39, 0.29) is 5.95 Å². The molecule has 15 heavy (non-hydrogen) atoms. The second kappa shape index (κ2) is 4.10. The lowest BCUT2D eigenvalue weighted by molar-refractivity contribution is 0.433. The van der Waals surface area contributed by atoms with Gasteiger partial charge in [0.2, 0.25) is 0 Å². The lowest BCUT2D eigenvalue weighted by atomic mass is 10.1. The van der Waals surface area contributed by atoms with E-state index in [0.717, 1.165) is 17.5 Å². The van der Waals surface area contributed by atoms with Crippen LogP contribution < -0.4 is 11.5 Å². The quantitative estimate of drug-likeness (QED) is 0.772. The Morgan fingerprint density at radius 2 is 2.20 bits per heavy atom. The molecule has 0 aliphatic rings. The van der Waals surface area contributed by atoms with E-state index in [1.165, 1.54) is 0 Å². The monoisotopic (exact) mass is 204 g/mol. The van der Waals surface area contributed by atoms with Crippen LogP contribution in [0.1, 0.15) is 5.56 Å². The predicted molar refractivity (Wildman–Crippen MR) is 56.9 cm³/mol. The van der Waals surface area contributed by atoms with Crippen LogP contribution in [0.3, 0.4) is 0 Å². The average Bonchev–Trinajstić information content (AvgIpc) is 2.66. The van der Waals surface area contributed by atoms with Gasteiger partial charge in [0.25, 0.3) is 11.8 Å². The number of hydrogen-bond acceptors (Lipinski definition) is 5. The topological polar surface area (TPSA) is 91.0 Å². The molecule has 0 fully saturated rings. The minimum absolute atomic E-state index is 0.147. The molecule has 0 unspecified atom stereocenters. The van der Waals surface area contributed by atoms with Crippen LogP contribution in [0.2, 0.25) is 0 Å². The SMILES string of the molecule is NCCc1cccc(-c2nc(N)no2)c1. The van der Waals surface area contributed by atoms with Crippen LogP contribution in [0.5, 0.6) is 0 Å². The van der Waals surface area contributed by atoms with Gasteiger partial charge in [-0.2, -0.15) is 4.98 Å². The zero-order chi connectivity index (χ0) is 10.7. The molecule has 1 aromatic heterocycles. The summed E-state index contributed by atoms with van der Waals surface area (Å²) in [5.74, 6) is 0.584. The van der Waals surface area contributed by atoms with Gasteiger partial charge >= 0.3 is 0 Å². The third kappa shape index (κ3) is 2.13. The summed E-state index contributed by atoms with van der Waals surface area (Å²) in [6.07, 6.45) is 0.831. The van der Waals surface area contributed by atoms with Crippen molar-refractivity contribution in [2.24, 2.45) is 5.73 Å². The van der Waals surface area contributed by atoms with Gasteiger partial charge in [0.15, 0.2) is 0 Å². The lowest BCUT2D eigenvalue weighted by Gasteiger charge is -1.99. The molecule has 0 saturated heterocycles.